The zero-order valence-corrected chi connectivity index (χ0v) is 11.9. The van der Waals surface area contributed by atoms with Gasteiger partial charge in [0, 0.05) is 19.7 Å². The molecule has 1 aromatic heterocycles. The lowest BCUT2D eigenvalue weighted by atomic mass is 9.92. The van der Waals surface area contributed by atoms with Gasteiger partial charge in [-0.15, -0.1) is 0 Å². The fourth-order valence-corrected chi connectivity index (χ4v) is 2.80. The van der Waals surface area contributed by atoms with E-state index in [0.717, 1.165) is 5.56 Å². The molecule has 1 unspecified atom stereocenters. The molecule has 1 amide bonds. The summed E-state index contributed by atoms with van der Waals surface area (Å²) >= 11 is 0. The zero-order valence-electron chi connectivity index (χ0n) is 11.9. The van der Waals surface area contributed by atoms with Crippen LogP contribution in [0.4, 0.5) is 0 Å². The number of nitrogens with zero attached hydrogens (tertiary/aromatic N) is 2. The van der Waals surface area contributed by atoms with Crippen LogP contribution in [0.25, 0.3) is 0 Å². The second kappa shape index (κ2) is 5.18. The number of H-pyrrole nitrogens is 1. The number of fused-ring (bicyclic) bond motifs is 1. The Morgan fingerprint density at radius 2 is 2.05 bits per heavy atom. The van der Waals surface area contributed by atoms with E-state index >= 15 is 0 Å². The molecular formula is C15H15N3O4. The van der Waals surface area contributed by atoms with E-state index < -0.39 is 17.9 Å². The lowest BCUT2D eigenvalue weighted by Gasteiger charge is -2.34. The number of aliphatic carboxylic acids is 1. The number of aromatic nitrogens is 2. The van der Waals surface area contributed by atoms with Crippen molar-refractivity contribution < 1.29 is 14.7 Å². The summed E-state index contributed by atoms with van der Waals surface area (Å²) in [7, 11) is 1.50. The third-order valence-corrected chi connectivity index (χ3v) is 3.90. The molecule has 1 aliphatic rings. The monoisotopic (exact) mass is 301 g/mol. The van der Waals surface area contributed by atoms with Gasteiger partial charge in [-0.05, 0) is 17.5 Å². The molecule has 114 valence electrons. The minimum absolute atomic E-state index is 0.0955. The molecule has 1 atom stereocenters. The maximum absolute atomic E-state index is 12.6. The predicted octanol–water partition coefficient (Wildman–Crippen LogP) is 0.538. The summed E-state index contributed by atoms with van der Waals surface area (Å²) in [5.74, 6) is -1.57. The number of carboxylic acid groups (broad SMARTS) is 1. The van der Waals surface area contributed by atoms with Gasteiger partial charge in [0.1, 0.15) is 5.69 Å². The van der Waals surface area contributed by atoms with Crippen LogP contribution in [0.1, 0.15) is 27.7 Å². The Morgan fingerprint density at radius 1 is 1.32 bits per heavy atom. The van der Waals surface area contributed by atoms with Crippen LogP contribution in [0.3, 0.4) is 0 Å². The van der Waals surface area contributed by atoms with Crippen molar-refractivity contribution in [3.8, 4) is 0 Å². The summed E-state index contributed by atoms with van der Waals surface area (Å²) in [5, 5.41) is 12.2. The topological polar surface area (TPSA) is 95.4 Å². The Bertz CT molecular complexity index is 805. The molecule has 0 saturated heterocycles. The predicted molar refractivity (Wildman–Crippen MR) is 77.6 cm³/mol. The second-order valence-corrected chi connectivity index (χ2v) is 5.26. The number of carbonyl (C=O) groups is 2. The van der Waals surface area contributed by atoms with Crippen molar-refractivity contribution in [3.63, 3.8) is 0 Å². The van der Waals surface area contributed by atoms with E-state index in [-0.39, 0.29) is 11.3 Å². The Kier molecular flexibility index (Phi) is 3.32. The maximum Gasteiger partial charge on any atom is 0.331 e. The molecule has 0 spiro atoms. The van der Waals surface area contributed by atoms with Crippen molar-refractivity contribution in [2.45, 2.75) is 12.5 Å². The minimum atomic E-state index is -1.08. The standard InChI is InChI=1S/C15H15N3O4/c1-17-12(19)8-11(16-17)14(20)18-7-6-9-4-2-3-5-10(9)13(18)15(21)22/h2-5,8,13,16H,6-7H2,1H3,(H,21,22). The van der Waals surface area contributed by atoms with Crippen LogP contribution in [0.2, 0.25) is 0 Å². The average molecular weight is 301 g/mol. The van der Waals surface area contributed by atoms with Crippen LogP contribution >= 0.6 is 0 Å². The van der Waals surface area contributed by atoms with Gasteiger partial charge in [0.15, 0.2) is 6.04 Å². The number of amides is 1. The summed E-state index contributed by atoms with van der Waals surface area (Å²) < 4.78 is 1.18. The summed E-state index contributed by atoms with van der Waals surface area (Å²) in [6.45, 7) is 0.295. The third-order valence-electron chi connectivity index (χ3n) is 3.90. The molecule has 2 N–H and O–H groups in total. The maximum atomic E-state index is 12.6. The number of carboxylic acids is 1. The van der Waals surface area contributed by atoms with E-state index in [2.05, 4.69) is 5.10 Å². The largest absolute Gasteiger partial charge is 0.479 e. The molecule has 2 aromatic rings. The van der Waals surface area contributed by atoms with E-state index in [1.807, 2.05) is 12.1 Å². The summed E-state index contributed by atoms with van der Waals surface area (Å²) in [6, 6.07) is 7.35. The van der Waals surface area contributed by atoms with Crippen molar-refractivity contribution in [3.05, 3.63) is 57.5 Å². The molecule has 2 heterocycles. The molecule has 7 heteroatoms. The van der Waals surface area contributed by atoms with E-state index in [4.69, 9.17) is 0 Å². The van der Waals surface area contributed by atoms with Gasteiger partial charge < -0.3 is 10.0 Å². The van der Waals surface area contributed by atoms with Gasteiger partial charge in [-0.2, -0.15) is 0 Å². The molecular weight excluding hydrogens is 286 g/mol. The molecule has 3 rings (SSSR count). The first-order valence-electron chi connectivity index (χ1n) is 6.86. The van der Waals surface area contributed by atoms with E-state index in [1.165, 1.54) is 22.7 Å². The Labute approximate surface area is 125 Å². The quantitative estimate of drug-likeness (QED) is 0.846. The van der Waals surface area contributed by atoms with Crippen LogP contribution in [0.15, 0.2) is 35.1 Å². The number of hydrogen-bond donors (Lipinski definition) is 2. The van der Waals surface area contributed by atoms with E-state index in [1.54, 1.807) is 12.1 Å². The number of aryl methyl sites for hydroxylation is 1. The Hall–Kier alpha value is -2.83. The molecule has 22 heavy (non-hydrogen) atoms. The first-order valence-corrected chi connectivity index (χ1v) is 6.86. The SMILES string of the molecule is Cn1[nH]c(C(=O)N2CCc3ccccc3C2C(=O)O)cc1=O. The number of benzene rings is 1. The number of hydrogen-bond acceptors (Lipinski definition) is 3. The Balaban J connectivity index is 2.02. The highest BCUT2D eigenvalue weighted by molar-refractivity contribution is 5.95. The average Bonchev–Trinajstić information content (AvgIpc) is 2.84. The molecule has 0 saturated carbocycles. The lowest BCUT2D eigenvalue weighted by Crippen LogP contribution is -2.43. The van der Waals surface area contributed by atoms with Crippen LogP contribution in [-0.2, 0) is 18.3 Å². The molecule has 0 bridgehead atoms. The van der Waals surface area contributed by atoms with E-state index in [0.29, 0.717) is 18.5 Å². The molecule has 1 aromatic carbocycles. The first-order chi connectivity index (χ1) is 10.5. The van der Waals surface area contributed by atoms with Gasteiger partial charge in [0.25, 0.3) is 11.5 Å². The number of nitrogens with one attached hydrogen (secondary N) is 1. The van der Waals surface area contributed by atoms with Crippen molar-refractivity contribution in [2.75, 3.05) is 6.54 Å². The Morgan fingerprint density at radius 3 is 2.68 bits per heavy atom. The van der Waals surface area contributed by atoms with Gasteiger partial charge in [0.05, 0.1) is 0 Å². The smallest absolute Gasteiger partial charge is 0.331 e. The van der Waals surface area contributed by atoms with Crippen LogP contribution in [0.5, 0.6) is 0 Å². The van der Waals surface area contributed by atoms with Crippen LogP contribution in [-0.4, -0.2) is 38.2 Å². The van der Waals surface area contributed by atoms with Gasteiger partial charge in [0.2, 0.25) is 0 Å². The van der Waals surface area contributed by atoms with Gasteiger partial charge in [-0.25, -0.2) is 4.79 Å². The first kappa shape index (κ1) is 14.1. The highest BCUT2D eigenvalue weighted by atomic mass is 16.4. The molecule has 0 fully saturated rings. The highest BCUT2D eigenvalue weighted by Crippen LogP contribution is 2.30. The fraction of sp³-hybridized carbons (Fsp3) is 0.267. The zero-order chi connectivity index (χ0) is 15.9. The van der Waals surface area contributed by atoms with Gasteiger partial charge >= 0.3 is 5.97 Å². The number of carbonyl (C=O) groups excluding carboxylic acids is 1. The van der Waals surface area contributed by atoms with Gasteiger partial charge in [-0.3, -0.25) is 19.4 Å². The lowest BCUT2D eigenvalue weighted by molar-refractivity contribution is -0.143. The third kappa shape index (κ3) is 2.20. The molecule has 0 aliphatic carbocycles. The summed E-state index contributed by atoms with van der Waals surface area (Å²) in [6.07, 6.45) is 0.586. The fourth-order valence-electron chi connectivity index (χ4n) is 2.80. The second-order valence-electron chi connectivity index (χ2n) is 5.26. The summed E-state index contributed by atoms with van der Waals surface area (Å²) in [5.41, 5.74) is 1.30. The molecule has 7 nitrogen and oxygen atoms in total. The number of aromatic amines is 1. The van der Waals surface area contributed by atoms with E-state index in [9.17, 15) is 19.5 Å². The van der Waals surface area contributed by atoms with Crippen molar-refractivity contribution in [1.82, 2.24) is 14.7 Å². The highest BCUT2D eigenvalue weighted by Gasteiger charge is 2.36. The number of rotatable bonds is 2. The van der Waals surface area contributed by atoms with Crippen molar-refractivity contribution >= 4 is 11.9 Å². The minimum Gasteiger partial charge on any atom is -0.479 e. The molecule has 0 radical (unpaired) electrons. The molecule has 1 aliphatic heterocycles. The normalized spacial score (nSPS) is 17.1. The van der Waals surface area contributed by atoms with Crippen LogP contribution in [0, 0.1) is 0 Å². The van der Waals surface area contributed by atoms with Crippen molar-refractivity contribution in [1.29, 1.82) is 0 Å². The van der Waals surface area contributed by atoms with Gasteiger partial charge in [-0.1, -0.05) is 24.3 Å². The summed E-state index contributed by atoms with van der Waals surface area (Å²) in [4.78, 5) is 37.0. The van der Waals surface area contributed by atoms with Crippen molar-refractivity contribution in [2.24, 2.45) is 7.05 Å². The van der Waals surface area contributed by atoms with Crippen LogP contribution < -0.4 is 5.56 Å².